The molecule has 1 aromatic carbocycles. The van der Waals surface area contributed by atoms with Crippen molar-refractivity contribution in [2.24, 2.45) is 0 Å². The molecule has 1 saturated carbocycles. The molecule has 3 atom stereocenters. The fourth-order valence-electron chi connectivity index (χ4n) is 3.25. The van der Waals surface area contributed by atoms with E-state index in [1.54, 1.807) is 26.4 Å². The lowest BCUT2D eigenvalue weighted by atomic mass is 9.79. The first-order chi connectivity index (χ1) is 10.5. The summed E-state index contributed by atoms with van der Waals surface area (Å²) in [5.41, 5.74) is 0.771. The standard InChI is InChI=1S/C16H18O6/c1-8(17)21-11-5-4-10(18)16-15(11)14-12(20-3)6-9(19-2)7-13(14)22-16/h6-7,11,15-16H,4-5H2,1-3H3/t11-,15-,16-/m0/s1. The van der Waals surface area contributed by atoms with E-state index in [0.717, 1.165) is 5.56 Å². The van der Waals surface area contributed by atoms with Crippen molar-refractivity contribution < 1.29 is 28.5 Å². The van der Waals surface area contributed by atoms with Crippen molar-refractivity contribution in [2.75, 3.05) is 14.2 Å². The molecule has 6 heteroatoms. The fraction of sp³-hybridized carbons (Fsp3) is 0.500. The van der Waals surface area contributed by atoms with E-state index in [-0.39, 0.29) is 23.8 Å². The highest BCUT2D eigenvalue weighted by Gasteiger charge is 2.50. The highest BCUT2D eigenvalue weighted by Crippen LogP contribution is 2.51. The second-order valence-corrected chi connectivity index (χ2v) is 5.46. The highest BCUT2D eigenvalue weighted by molar-refractivity contribution is 5.87. The molecule has 0 radical (unpaired) electrons. The predicted octanol–water partition coefficient (Wildman–Crippen LogP) is 1.84. The Kier molecular flexibility index (Phi) is 3.68. The highest BCUT2D eigenvalue weighted by atomic mass is 16.6. The molecule has 1 fully saturated rings. The third-order valence-electron chi connectivity index (χ3n) is 4.16. The van der Waals surface area contributed by atoms with Gasteiger partial charge in [0.05, 0.1) is 20.1 Å². The summed E-state index contributed by atoms with van der Waals surface area (Å²) in [4.78, 5) is 23.5. The van der Waals surface area contributed by atoms with Crippen molar-refractivity contribution in [3.63, 3.8) is 0 Å². The van der Waals surface area contributed by atoms with Crippen molar-refractivity contribution in [1.29, 1.82) is 0 Å². The second kappa shape index (κ2) is 5.51. The van der Waals surface area contributed by atoms with Gasteiger partial charge in [-0.1, -0.05) is 0 Å². The zero-order chi connectivity index (χ0) is 15.9. The van der Waals surface area contributed by atoms with Crippen LogP contribution in [0.3, 0.4) is 0 Å². The van der Waals surface area contributed by atoms with Crippen LogP contribution in [0.25, 0.3) is 0 Å². The molecule has 1 aromatic rings. The number of benzene rings is 1. The van der Waals surface area contributed by atoms with Gasteiger partial charge in [-0.25, -0.2) is 0 Å². The number of methoxy groups -OCH3 is 2. The summed E-state index contributed by atoms with van der Waals surface area (Å²) < 4.78 is 21.9. The van der Waals surface area contributed by atoms with Crippen LogP contribution in [0.4, 0.5) is 0 Å². The molecule has 0 amide bonds. The molecule has 0 aromatic heterocycles. The van der Waals surface area contributed by atoms with Crippen molar-refractivity contribution in [3.8, 4) is 17.2 Å². The Labute approximate surface area is 128 Å². The predicted molar refractivity (Wildman–Crippen MR) is 76.5 cm³/mol. The maximum atomic E-state index is 12.2. The van der Waals surface area contributed by atoms with Gasteiger partial charge in [-0.2, -0.15) is 0 Å². The number of fused-ring (bicyclic) bond motifs is 3. The van der Waals surface area contributed by atoms with Gasteiger partial charge in [-0.15, -0.1) is 0 Å². The summed E-state index contributed by atoms with van der Waals surface area (Å²) in [6.45, 7) is 1.37. The van der Waals surface area contributed by atoms with Crippen LogP contribution in [0.5, 0.6) is 17.2 Å². The second-order valence-electron chi connectivity index (χ2n) is 5.46. The van der Waals surface area contributed by atoms with Gasteiger partial charge in [0.15, 0.2) is 11.9 Å². The number of carbonyl (C=O) groups is 2. The van der Waals surface area contributed by atoms with Crippen LogP contribution >= 0.6 is 0 Å². The minimum absolute atomic E-state index is 0.0191. The van der Waals surface area contributed by atoms with Gasteiger partial charge in [-0.05, 0) is 6.42 Å². The average Bonchev–Trinajstić information content (AvgIpc) is 2.89. The maximum absolute atomic E-state index is 12.2. The number of ketones is 1. The van der Waals surface area contributed by atoms with Gasteiger partial charge in [0.25, 0.3) is 0 Å². The third kappa shape index (κ3) is 2.28. The lowest BCUT2D eigenvalue weighted by molar-refractivity contribution is -0.153. The van der Waals surface area contributed by atoms with Gasteiger partial charge >= 0.3 is 5.97 Å². The van der Waals surface area contributed by atoms with Gasteiger partial charge in [0.2, 0.25) is 0 Å². The van der Waals surface area contributed by atoms with E-state index >= 15 is 0 Å². The molecule has 1 heterocycles. The minimum atomic E-state index is -0.630. The number of hydrogen-bond acceptors (Lipinski definition) is 6. The number of hydrogen-bond donors (Lipinski definition) is 0. The number of Topliss-reactive ketones (excluding diaryl/α,β-unsaturated/α-hetero) is 1. The minimum Gasteiger partial charge on any atom is -0.496 e. The Morgan fingerprint density at radius 3 is 2.68 bits per heavy atom. The van der Waals surface area contributed by atoms with Crippen molar-refractivity contribution >= 4 is 11.8 Å². The topological polar surface area (TPSA) is 71.1 Å². The fourth-order valence-corrected chi connectivity index (χ4v) is 3.25. The largest absolute Gasteiger partial charge is 0.496 e. The zero-order valence-corrected chi connectivity index (χ0v) is 12.8. The van der Waals surface area contributed by atoms with Crippen LogP contribution in [0.1, 0.15) is 31.2 Å². The number of esters is 1. The monoisotopic (exact) mass is 306 g/mol. The molecule has 3 rings (SSSR count). The van der Waals surface area contributed by atoms with Gasteiger partial charge < -0.3 is 18.9 Å². The first-order valence-corrected chi connectivity index (χ1v) is 7.17. The average molecular weight is 306 g/mol. The summed E-state index contributed by atoms with van der Waals surface area (Å²) >= 11 is 0. The zero-order valence-electron chi connectivity index (χ0n) is 12.8. The third-order valence-corrected chi connectivity index (χ3v) is 4.16. The van der Waals surface area contributed by atoms with E-state index in [4.69, 9.17) is 18.9 Å². The number of carbonyl (C=O) groups excluding carboxylic acids is 2. The van der Waals surface area contributed by atoms with Crippen LogP contribution in [0, 0.1) is 0 Å². The Bertz CT molecular complexity index is 623. The summed E-state index contributed by atoms with van der Waals surface area (Å²) in [6, 6.07) is 3.47. The number of rotatable bonds is 3. The molecule has 1 aliphatic heterocycles. The molecule has 0 saturated heterocycles. The summed E-state index contributed by atoms with van der Waals surface area (Å²) in [5, 5.41) is 0. The molecule has 0 N–H and O–H groups in total. The van der Waals surface area contributed by atoms with Crippen LogP contribution in [0.2, 0.25) is 0 Å². The first-order valence-electron chi connectivity index (χ1n) is 7.17. The SMILES string of the molecule is COc1cc(OC)c2c(c1)O[C@H]1C(=O)CC[C@H](OC(C)=O)[C@@H]21. The van der Waals surface area contributed by atoms with E-state index in [2.05, 4.69) is 0 Å². The van der Waals surface area contributed by atoms with E-state index in [0.29, 0.717) is 30.1 Å². The van der Waals surface area contributed by atoms with Crippen LogP contribution < -0.4 is 14.2 Å². The maximum Gasteiger partial charge on any atom is 0.302 e. The van der Waals surface area contributed by atoms with E-state index in [9.17, 15) is 9.59 Å². The smallest absolute Gasteiger partial charge is 0.302 e. The molecule has 6 nitrogen and oxygen atoms in total. The Balaban J connectivity index is 2.07. The van der Waals surface area contributed by atoms with Crippen LogP contribution in [-0.4, -0.2) is 38.2 Å². The quantitative estimate of drug-likeness (QED) is 0.794. The number of ether oxygens (including phenoxy) is 4. The first kappa shape index (κ1) is 14.7. The molecule has 0 spiro atoms. The summed E-state index contributed by atoms with van der Waals surface area (Å²) in [7, 11) is 3.10. The molecule has 0 bridgehead atoms. The molecule has 0 unspecified atom stereocenters. The molecule has 2 aliphatic rings. The van der Waals surface area contributed by atoms with Crippen molar-refractivity contribution in [2.45, 2.75) is 37.9 Å². The van der Waals surface area contributed by atoms with E-state index in [1.807, 2.05) is 0 Å². The lowest BCUT2D eigenvalue weighted by Crippen LogP contribution is -2.42. The molecular weight excluding hydrogens is 288 g/mol. The molecular formula is C16H18O6. The van der Waals surface area contributed by atoms with Crippen LogP contribution in [0.15, 0.2) is 12.1 Å². The normalized spacial score (nSPS) is 25.8. The molecule has 118 valence electrons. The molecule has 1 aliphatic carbocycles. The van der Waals surface area contributed by atoms with E-state index in [1.165, 1.54) is 6.92 Å². The Morgan fingerprint density at radius 1 is 1.27 bits per heavy atom. The van der Waals surface area contributed by atoms with Gasteiger partial charge in [0, 0.05) is 31.0 Å². The lowest BCUT2D eigenvalue weighted by Gasteiger charge is -2.31. The van der Waals surface area contributed by atoms with Crippen molar-refractivity contribution in [1.82, 2.24) is 0 Å². The summed E-state index contributed by atoms with van der Waals surface area (Å²) in [5.74, 6) is 1.05. The van der Waals surface area contributed by atoms with Crippen LogP contribution in [-0.2, 0) is 14.3 Å². The molecule has 22 heavy (non-hydrogen) atoms. The van der Waals surface area contributed by atoms with Gasteiger partial charge in [0.1, 0.15) is 23.4 Å². The van der Waals surface area contributed by atoms with Crippen molar-refractivity contribution in [3.05, 3.63) is 17.7 Å². The van der Waals surface area contributed by atoms with E-state index < -0.39 is 6.10 Å². The van der Waals surface area contributed by atoms with Gasteiger partial charge in [-0.3, -0.25) is 9.59 Å². The Morgan fingerprint density at radius 2 is 2.05 bits per heavy atom. The Hall–Kier alpha value is -2.24. The summed E-state index contributed by atoms with van der Waals surface area (Å²) in [6.07, 6.45) is -0.178.